The summed E-state index contributed by atoms with van der Waals surface area (Å²) in [5, 5.41) is 3.02. The van der Waals surface area contributed by atoms with Crippen molar-refractivity contribution in [2.24, 2.45) is 5.73 Å². The number of nitrogens with zero attached hydrogens (tertiary/aromatic N) is 3. The van der Waals surface area contributed by atoms with Gasteiger partial charge in [0.25, 0.3) is 0 Å². The molecule has 1 aromatic heterocycles. The van der Waals surface area contributed by atoms with Crippen LogP contribution in [0.3, 0.4) is 0 Å². The summed E-state index contributed by atoms with van der Waals surface area (Å²) in [4.78, 5) is 20.2. The number of carbonyl (C=O) groups is 1. The first-order valence-corrected chi connectivity index (χ1v) is 6.75. The predicted octanol–water partition coefficient (Wildman–Crippen LogP) is 1.37. The van der Waals surface area contributed by atoms with Crippen molar-refractivity contribution in [3.8, 4) is 0 Å². The van der Waals surface area contributed by atoms with Gasteiger partial charge in [0, 0.05) is 37.8 Å². The molecule has 19 heavy (non-hydrogen) atoms. The van der Waals surface area contributed by atoms with Crippen molar-refractivity contribution < 1.29 is 4.79 Å². The lowest BCUT2D eigenvalue weighted by Gasteiger charge is -2.23. The third kappa shape index (κ3) is 4.80. The van der Waals surface area contributed by atoms with Gasteiger partial charge in [0.15, 0.2) is 5.13 Å². The molecule has 5 nitrogen and oxygen atoms in total. The average Bonchev–Trinajstić information content (AvgIpc) is 2.73. The Labute approximate surface area is 130 Å². The number of amides is 1. The van der Waals surface area contributed by atoms with Crippen LogP contribution in [0.4, 0.5) is 5.13 Å². The highest BCUT2D eigenvalue weighted by Crippen LogP contribution is 2.19. The molecule has 0 saturated carbocycles. The molecule has 2 heterocycles. The minimum absolute atomic E-state index is 0. The Morgan fingerprint density at radius 3 is 2.68 bits per heavy atom. The van der Waals surface area contributed by atoms with E-state index in [2.05, 4.69) is 9.88 Å². The van der Waals surface area contributed by atoms with Crippen molar-refractivity contribution in [3.05, 3.63) is 11.6 Å². The Morgan fingerprint density at radius 2 is 2.11 bits per heavy atom. The van der Waals surface area contributed by atoms with E-state index in [1.165, 1.54) is 0 Å². The van der Waals surface area contributed by atoms with E-state index in [0.717, 1.165) is 37.7 Å². The maximum absolute atomic E-state index is 11.8. The molecule has 0 unspecified atom stereocenters. The van der Waals surface area contributed by atoms with Gasteiger partial charge in [-0.25, -0.2) is 4.98 Å². The fourth-order valence-corrected chi connectivity index (χ4v) is 2.69. The molecule has 0 aliphatic carbocycles. The minimum atomic E-state index is -0.401. The molecule has 1 aromatic rings. The van der Waals surface area contributed by atoms with E-state index >= 15 is 0 Å². The number of hydrogen-bond acceptors (Lipinski definition) is 5. The van der Waals surface area contributed by atoms with E-state index in [0.29, 0.717) is 0 Å². The van der Waals surface area contributed by atoms with Crippen LogP contribution >= 0.6 is 36.2 Å². The summed E-state index contributed by atoms with van der Waals surface area (Å²) in [6, 6.07) is -0.401. The number of aromatic nitrogens is 1. The van der Waals surface area contributed by atoms with E-state index in [4.69, 9.17) is 5.73 Å². The average molecular weight is 327 g/mol. The lowest BCUT2D eigenvalue weighted by atomic mass is 10.3. The minimum Gasteiger partial charge on any atom is -0.346 e. The first kappa shape index (κ1) is 18.4. The number of hydrogen-bond donors (Lipinski definition) is 1. The Morgan fingerprint density at radius 1 is 1.37 bits per heavy atom. The highest BCUT2D eigenvalue weighted by molar-refractivity contribution is 7.13. The molecule has 110 valence electrons. The van der Waals surface area contributed by atoms with E-state index < -0.39 is 6.04 Å². The Kier molecular flexibility index (Phi) is 8.33. The summed E-state index contributed by atoms with van der Waals surface area (Å²) in [6.07, 6.45) is 2.79. The lowest BCUT2D eigenvalue weighted by molar-refractivity contribution is -0.131. The second kappa shape index (κ2) is 8.58. The zero-order chi connectivity index (χ0) is 12.3. The molecule has 1 atom stereocenters. The molecular weight excluding hydrogens is 307 g/mol. The Balaban J connectivity index is 0.00000162. The monoisotopic (exact) mass is 326 g/mol. The third-order valence-electron chi connectivity index (χ3n) is 2.89. The fourth-order valence-electron chi connectivity index (χ4n) is 1.99. The molecule has 1 aliphatic heterocycles. The van der Waals surface area contributed by atoms with Crippen molar-refractivity contribution in [3.63, 3.8) is 0 Å². The van der Waals surface area contributed by atoms with Gasteiger partial charge in [-0.3, -0.25) is 4.79 Å². The topological polar surface area (TPSA) is 62.5 Å². The SMILES string of the molecule is C[C@@H](N)C(=O)N1CCCN(c2nccs2)CC1.Cl.Cl. The van der Waals surface area contributed by atoms with Gasteiger partial charge < -0.3 is 15.5 Å². The second-order valence-corrected chi connectivity index (χ2v) is 5.14. The van der Waals surface area contributed by atoms with Gasteiger partial charge in [-0.05, 0) is 13.3 Å². The maximum atomic E-state index is 11.8. The Hall–Kier alpha value is -0.560. The molecule has 8 heteroatoms. The largest absolute Gasteiger partial charge is 0.346 e. The number of rotatable bonds is 2. The molecule has 1 saturated heterocycles. The smallest absolute Gasteiger partial charge is 0.239 e. The number of carbonyl (C=O) groups excluding carboxylic acids is 1. The van der Waals surface area contributed by atoms with Crippen LogP contribution in [-0.4, -0.2) is 48.0 Å². The second-order valence-electron chi connectivity index (χ2n) is 4.27. The number of anilines is 1. The first-order valence-electron chi connectivity index (χ1n) is 5.87. The predicted molar refractivity (Wildman–Crippen MR) is 83.7 cm³/mol. The van der Waals surface area contributed by atoms with Crippen LogP contribution in [0.1, 0.15) is 13.3 Å². The van der Waals surface area contributed by atoms with Crippen LogP contribution < -0.4 is 10.6 Å². The van der Waals surface area contributed by atoms with Gasteiger partial charge in [0.1, 0.15) is 0 Å². The summed E-state index contributed by atoms with van der Waals surface area (Å²) in [6.45, 7) is 5.07. The van der Waals surface area contributed by atoms with Crippen molar-refractivity contribution in [1.82, 2.24) is 9.88 Å². The highest BCUT2D eigenvalue weighted by atomic mass is 35.5. The van der Waals surface area contributed by atoms with Crippen LogP contribution in [0.25, 0.3) is 0 Å². The first-order chi connectivity index (χ1) is 8.18. The van der Waals surface area contributed by atoms with Gasteiger partial charge in [-0.1, -0.05) is 0 Å². The quantitative estimate of drug-likeness (QED) is 0.891. The summed E-state index contributed by atoms with van der Waals surface area (Å²) in [7, 11) is 0. The number of halogens is 2. The van der Waals surface area contributed by atoms with E-state index in [-0.39, 0.29) is 30.7 Å². The molecule has 2 N–H and O–H groups in total. The zero-order valence-corrected chi connectivity index (χ0v) is 13.3. The lowest BCUT2D eigenvalue weighted by Crippen LogP contribution is -2.43. The van der Waals surface area contributed by atoms with Crippen LogP contribution in [0.5, 0.6) is 0 Å². The highest BCUT2D eigenvalue weighted by Gasteiger charge is 2.21. The van der Waals surface area contributed by atoms with Crippen LogP contribution in [0, 0.1) is 0 Å². The summed E-state index contributed by atoms with van der Waals surface area (Å²) < 4.78 is 0. The van der Waals surface area contributed by atoms with Gasteiger partial charge in [-0.2, -0.15) is 0 Å². The molecule has 0 spiro atoms. The van der Waals surface area contributed by atoms with Gasteiger partial charge in [-0.15, -0.1) is 36.2 Å². The maximum Gasteiger partial charge on any atom is 0.239 e. The van der Waals surface area contributed by atoms with Crippen LogP contribution in [0.15, 0.2) is 11.6 Å². The zero-order valence-electron chi connectivity index (χ0n) is 10.8. The summed E-state index contributed by atoms with van der Waals surface area (Å²) in [5.74, 6) is 0.0472. The molecule has 1 fully saturated rings. The van der Waals surface area contributed by atoms with Crippen molar-refractivity contribution in [2.75, 3.05) is 31.1 Å². The molecule has 1 amide bonds. The Bertz CT molecular complexity index is 375. The molecule has 0 radical (unpaired) electrons. The fraction of sp³-hybridized carbons (Fsp3) is 0.636. The van der Waals surface area contributed by atoms with E-state index in [1.54, 1.807) is 18.3 Å². The van der Waals surface area contributed by atoms with E-state index in [1.807, 2.05) is 16.5 Å². The third-order valence-corrected chi connectivity index (χ3v) is 3.72. The standard InChI is InChI=1S/C11H18N4OS.2ClH/c1-9(12)10(16)14-4-2-5-15(7-6-14)11-13-3-8-17-11;;/h3,8-9H,2,4-7,12H2,1H3;2*1H/t9-;;/m1../s1. The van der Waals surface area contributed by atoms with Crippen LogP contribution in [0.2, 0.25) is 0 Å². The van der Waals surface area contributed by atoms with Gasteiger partial charge >= 0.3 is 0 Å². The summed E-state index contributed by atoms with van der Waals surface area (Å²) >= 11 is 1.64. The van der Waals surface area contributed by atoms with Crippen molar-refractivity contribution in [2.45, 2.75) is 19.4 Å². The van der Waals surface area contributed by atoms with E-state index in [9.17, 15) is 4.79 Å². The molecular formula is C11H20Cl2N4OS. The van der Waals surface area contributed by atoms with Gasteiger partial charge in [0.05, 0.1) is 6.04 Å². The van der Waals surface area contributed by atoms with Crippen LogP contribution in [-0.2, 0) is 4.79 Å². The van der Waals surface area contributed by atoms with Crippen molar-refractivity contribution in [1.29, 1.82) is 0 Å². The normalized spacial score (nSPS) is 16.9. The number of nitrogens with two attached hydrogens (primary N) is 1. The van der Waals surface area contributed by atoms with Gasteiger partial charge in [0.2, 0.25) is 5.91 Å². The molecule has 2 rings (SSSR count). The summed E-state index contributed by atoms with van der Waals surface area (Å²) in [5.41, 5.74) is 5.63. The molecule has 1 aliphatic rings. The molecule has 0 bridgehead atoms. The van der Waals surface area contributed by atoms with Crippen molar-refractivity contribution >= 4 is 47.2 Å². The molecule has 0 aromatic carbocycles. The number of thiazole rings is 1.